The van der Waals surface area contributed by atoms with Crippen molar-refractivity contribution in [1.29, 1.82) is 0 Å². The molecule has 2 aliphatic rings. The average Bonchev–Trinajstić information content (AvgIpc) is 3.95. The molecule has 0 radical (unpaired) electrons. The Kier molecular flexibility index (Phi) is 16.7. The van der Waals surface area contributed by atoms with Crippen LogP contribution in [-0.4, -0.2) is 3.21 Å². The van der Waals surface area contributed by atoms with Crippen LogP contribution in [0.1, 0.15) is 141 Å². The number of aryl methyl sites for hydroxylation is 1. The first-order valence-electron chi connectivity index (χ1n) is 23.6. The van der Waals surface area contributed by atoms with Crippen LogP contribution in [0.15, 0.2) is 161 Å². The molecule has 0 saturated carbocycles. The van der Waals surface area contributed by atoms with E-state index in [2.05, 4.69) is 213 Å². The smallest absolute Gasteiger partial charge is 1.00 e. The molecule has 0 bridgehead atoms. The molecule has 0 saturated heterocycles. The van der Waals surface area contributed by atoms with E-state index in [4.69, 9.17) is 0 Å². The molecule has 0 aromatic heterocycles. The van der Waals surface area contributed by atoms with Gasteiger partial charge in [-0.2, -0.15) is 0 Å². The molecule has 0 spiro atoms. The van der Waals surface area contributed by atoms with Gasteiger partial charge in [0, 0.05) is 0 Å². The molecule has 0 N–H and O–H groups in total. The third-order valence-corrected chi connectivity index (χ3v) is 22.8. The van der Waals surface area contributed by atoms with Crippen molar-refractivity contribution in [2.24, 2.45) is 0 Å². The molecule has 64 heavy (non-hydrogen) atoms. The minimum Gasteiger partial charge on any atom is -1.00 e. The van der Waals surface area contributed by atoms with Crippen molar-refractivity contribution in [3.8, 4) is 11.1 Å². The van der Waals surface area contributed by atoms with Gasteiger partial charge in [-0.05, 0) is 0 Å². The van der Waals surface area contributed by atoms with Crippen molar-refractivity contribution >= 4 is 6.48 Å². The Balaban J connectivity index is 0.00000340. The zero-order chi connectivity index (χ0) is 43.4. The molecule has 8 rings (SSSR count). The summed E-state index contributed by atoms with van der Waals surface area (Å²) in [6.07, 6.45) is 16.2. The number of allylic oxidation sites excluding steroid dienone is 4. The van der Waals surface area contributed by atoms with E-state index in [9.17, 15) is 0 Å². The SMILES string of the molecule is CCCC(c1cc2c(cc1C)Cc1c-2cc(C(CCC)C(C)(C)c2ccccc2)c(C)[c]1[Zr+2]([C]1=CC=CC1)=[C](Cc1ccccc1)Cc1ccccc1)C(C)(C)c1ccccc1.[Cl-].[Cl-]. The van der Waals surface area contributed by atoms with Crippen molar-refractivity contribution < 1.29 is 46.1 Å². The molecular formula is C61H68Cl2Zr. The molecule has 2 atom stereocenters. The van der Waals surface area contributed by atoms with Gasteiger partial charge in [0.2, 0.25) is 0 Å². The Hall–Kier alpha value is -3.87. The molecule has 6 aromatic rings. The van der Waals surface area contributed by atoms with Crippen LogP contribution >= 0.6 is 0 Å². The van der Waals surface area contributed by atoms with Crippen LogP contribution in [0.25, 0.3) is 11.1 Å². The number of halogens is 2. The minimum atomic E-state index is -2.83. The van der Waals surface area contributed by atoms with Gasteiger partial charge in [-0.3, -0.25) is 0 Å². The predicted octanol–water partition coefficient (Wildman–Crippen LogP) is 9.35. The average molecular weight is 963 g/mol. The van der Waals surface area contributed by atoms with E-state index in [0.29, 0.717) is 11.8 Å². The number of hydrogen-bond donors (Lipinski definition) is 0. The van der Waals surface area contributed by atoms with Gasteiger partial charge in [-0.15, -0.1) is 0 Å². The monoisotopic (exact) mass is 960 g/mol. The maximum Gasteiger partial charge on any atom is -1.00 e. The van der Waals surface area contributed by atoms with Crippen molar-refractivity contribution in [2.75, 3.05) is 0 Å². The quantitative estimate of drug-likeness (QED) is 0.0907. The summed E-state index contributed by atoms with van der Waals surface area (Å²) < 4.78 is 5.29. The van der Waals surface area contributed by atoms with Gasteiger partial charge in [0.05, 0.1) is 0 Å². The van der Waals surface area contributed by atoms with Crippen LogP contribution in [0.2, 0.25) is 0 Å². The summed E-state index contributed by atoms with van der Waals surface area (Å²) in [7, 11) is 0. The molecule has 0 heterocycles. The van der Waals surface area contributed by atoms with Crippen molar-refractivity contribution in [3.63, 3.8) is 0 Å². The third kappa shape index (κ3) is 10.1. The maximum atomic E-state index is 2.73. The van der Waals surface area contributed by atoms with Crippen LogP contribution in [0.3, 0.4) is 0 Å². The minimum absolute atomic E-state index is 0. The summed E-state index contributed by atoms with van der Waals surface area (Å²) in [6, 6.07) is 53.5. The molecule has 0 fully saturated rings. The van der Waals surface area contributed by atoms with E-state index in [1.807, 2.05) is 0 Å². The largest absolute Gasteiger partial charge is 1.00 e. The van der Waals surface area contributed by atoms with Crippen LogP contribution in [0.5, 0.6) is 0 Å². The van der Waals surface area contributed by atoms with E-state index in [-0.39, 0.29) is 35.6 Å². The van der Waals surface area contributed by atoms with Gasteiger partial charge in [0.15, 0.2) is 0 Å². The molecule has 0 amide bonds. The summed E-state index contributed by atoms with van der Waals surface area (Å²) in [5, 5.41) is 0. The van der Waals surface area contributed by atoms with Gasteiger partial charge in [-0.25, -0.2) is 0 Å². The fourth-order valence-electron chi connectivity index (χ4n) is 11.4. The molecule has 0 aliphatic heterocycles. The van der Waals surface area contributed by atoms with Gasteiger partial charge in [-0.1, -0.05) is 0 Å². The Morgan fingerprint density at radius 2 is 1.06 bits per heavy atom. The molecule has 0 nitrogen and oxygen atoms in total. The first-order chi connectivity index (χ1) is 30.0. The van der Waals surface area contributed by atoms with E-state index in [1.54, 1.807) is 26.4 Å². The fourth-order valence-corrected chi connectivity index (χ4v) is 20.0. The Morgan fingerprint density at radius 3 is 1.53 bits per heavy atom. The number of rotatable bonds is 16. The summed E-state index contributed by atoms with van der Waals surface area (Å²) in [4.78, 5) is 0. The first kappa shape index (κ1) is 49.6. The van der Waals surface area contributed by atoms with E-state index >= 15 is 0 Å². The summed E-state index contributed by atoms with van der Waals surface area (Å²) in [6.45, 7) is 19.8. The molecule has 6 aromatic carbocycles. The Labute approximate surface area is 406 Å². The molecule has 330 valence electrons. The fraction of sp³-hybridized carbons (Fsp3) is 0.328. The normalized spacial score (nSPS) is 13.7. The molecule has 2 unspecified atom stereocenters. The van der Waals surface area contributed by atoms with Gasteiger partial charge in [0.1, 0.15) is 0 Å². The molecule has 3 heteroatoms. The van der Waals surface area contributed by atoms with Crippen LogP contribution in [-0.2, 0) is 51.4 Å². The number of hydrogen-bond acceptors (Lipinski definition) is 0. The van der Waals surface area contributed by atoms with Crippen LogP contribution in [0.4, 0.5) is 0 Å². The second-order valence-electron chi connectivity index (χ2n) is 19.5. The van der Waals surface area contributed by atoms with Crippen molar-refractivity contribution in [2.45, 2.75) is 129 Å². The molecule has 2 aliphatic carbocycles. The van der Waals surface area contributed by atoms with Crippen molar-refractivity contribution in [3.05, 3.63) is 217 Å². The second kappa shape index (κ2) is 21.6. The van der Waals surface area contributed by atoms with E-state index < -0.39 is 21.3 Å². The standard InChI is InChI=1S/C41H49.C15H14.C5H5.2ClH.Zr/c1-9-17-38(40(5,6)32-19-13-11-14-20-32)34-26-36-30(23-28(34)3)25-31-24-29(4)35(27-37(31)36)39(18-10-2)41(7,8)33-21-15-12-16-22-33;1-3-8-14(9-4-1)12-7-13-15-10-5-2-6-11-15;1-2-4-5-3-1;;;/h11-16,19-23,26-27,38-39H,9-10,17-18,25H2,1-8H3;1-6,8-11H,12-13H2;1-3H,4H2;2*1H;/q;;;;;+2/p-2. The second-order valence-corrected chi connectivity index (χ2v) is 25.9. The molecular weight excluding hydrogens is 895 g/mol. The Morgan fingerprint density at radius 1 is 0.594 bits per heavy atom. The topological polar surface area (TPSA) is 0 Å². The van der Waals surface area contributed by atoms with Crippen molar-refractivity contribution in [1.82, 2.24) is 0 Å². The van der Waals surface area contributed by atoms with E-state index in [0.717, 1.165) is 44.9 Å². The Bertz CT molecular complexity index is 2550. The summed E-state index contributed by atoms with van der Waals surface area (Å²) in [5.41, 5.74) is 18.0. The number of benzene rings is 6. The summed E-state index contributed by atoms with van der Waals surface area (Å²) >= 11 is -2.83. The first-order valence-corrected chi connectivity index (χ1v) is 27.3. The van der Waals surface area contributed by atoms with Gasteiger partial charge < -0.3 is 24.8 Å². The summed E-state index contributed by atoms with van der Waals surface area (Å²) in [5.74, 6) is 0.792. The maximum absolute atomic E-state index is 2.83. The van der Waals surface area contributed by atoms with Crippen LogP contribution in [0, 0.1) is 13.8 Å². The number of fused-ring (bicyclic) bond motifs is 3. The predicted molar refractivity (Wildman–Crippen MR) is 265 cm³/mol. The zero-order valence-corrected chi connectivity index (χ0v) is 43.5. The van der Waals surface area contributed by atoms with Gasteiger partial charge in [0.25, 0.3) is 0 Å². The van der Waals surface area contributed by atoms with Gasteiger partial charge >= 0.3 is 385 Å². The van der Waals surface area contributed by atoms with E-state index in [1.165, 1.54) is 56.5 Å². The van der Waals surface area contributed by atoms with Crippen LogP contribution < -0.4 is 28.1 Å². The zero-order valence-electron chi connectivity index (χ0n) is 39.6. The third-order valence-electron chi connectivity index (χ3n) is 14.8.